The second-order valence-corrected chi connectivity index (χ2v) is 5.03. The van der Waals surface area contributed by atoms with Gasteiger partial charge in [0.25, 0.3) is 0 Å². The van der Waals surface area contributed by atoms with Gasteiger partial charge in [-0.25, -0.2) is 0 Å². The van der Waals surface area contributed by atoms with Crippen molar-refractivity contribution in [3.63, 3.8) is 0 Å². The van der Waals surface area contributed by atoms with E-state index < -0.39 is 0 Å². The van der Waals surface area contributed by atoms with E-state index >= 15 is 0 Å². The summed E-state index contributed by atoms with van der Waals surface area (Å²) in [4.78, 5) is 13.9. The number of likely N-dealkylation sites (N-methyl/N-ethyl adjacent to an activating group) is 1. The number of carbonyl (C=O) groups excluding carboxylic acids is 1. The van der Waals surface area contributed by atoms with Crippen molar-refractivity contribution >= 4 is 35.1 Å². The molecule has 1 aromatic carbocycles. The van der Waals surface area contributed by atoms with Crippen LogP contribution in [0.1, 0.15) is 12.0 Å². The average molecular weight is 270 g/mol. The second kappa shape index (κ2) is 5.21. The monoisotopic (exact) mass is 269 g/mol. The van der Waals surface area contributed by atoms with Crippen LogP contribution in [0, 0.1) is 0 Å². The van der Waals surface area contributed by atoms with E-state index in [1.54, 1.807) is 18.2 Å². The summed E-state index contributed by atoms with van der Waals surface area (Å²) in [6.07, 6.45) is 2.37. The molecule has 0 aliphatic carbocycles. The second-order valence-electron chi connectivity index (χ2n) is 4.22. The van der Waals surface area contributed by atoms with Crippen molar-refractivity contribution in [3.8, 4) is 0 Å². The minimum Gasteiger partial charge on any atom is -0.302 e. The summed E-state index contributed by atoms with van der Waals surface area (Å²) in [5, 5.41) is 1.15. The van der Waals surface area contributed by atoms with Gasteiger partial charge in [-0.05, 0) is 25.3 Å². The number of hydrogen-bond donors (Lipinski definition) is 0. The van der Waals surface area contributed by atoms with Crippen molar-refractivity contribution < 1.29 is 4.79 Å². The molecule has 0 amide bonds. The lowest BCUT2D eigenvalue weighted by atomic mass is 10.0. The van der Waals surface area contributed by atoms with Crippen LogP contribution in [0.15, 0.2) is 23.8 Å². The number of piperidine rings is 1. The average Bonchev–Trinajstić information content (AvgIpc) is 2.28. The highest BCUT2D eigenvalue weighted by molar-refractivity contribution is 6.37. The summed E-state index contributed by atoms with van der Waals surface area (Å²) in [5.41, 5.74) is 1.50. The van der Waals surface area contributed by atoms with Crippen molar-refractivity contribution in [2.75, 3.05) is 20.1 Å². The Hall–Kier alpha value is -0.830. The molecule has 17 heavy (non-hydrogen) atoms. The third-order valence-electron chi connectivity index (χ3n) is 2.84. The maximum atomic E-state index is 11.8. The van der Waals surface area contributed by atoms with Crippen LogP contribution in [-0.4, -0.2) is 30.8 Å². The fourth-order valence-corrected chi connectivity index (χ4v) is 2.37. The predicted molar refractivity (Wildman–Crippen MR) is 71.6 cm³/mol. The normalized spacial score (nSPS) is 19.9. The van der Waals surface area contributed by atoms with Gasteiger partial charge in [-0.1, -0.05) is 29.3 Å². The van der Waals surface area contributed by atoms with Crippen molar-refractivity contribution in [2.45, 2.75) is 6.42 Å². The first-order chi connectivity index (χ1) is 8.08. The van der Waals surface area contributed by atoms with Crippen molar-refractivity contribution in [1.82, 2.24) is 4.90 Å². The molecule has 2 rings (SSSR count). The molecule has 1 aliphatic rings. The lowest BCUT2D eigenvalue weighted by molar-refractivity contribution is -0.117. The molecule has 0 unspecified atom stereocenters. The van der Waals surface area contributed by atoms with Crippen LogP contribution in [-0.2, 0) is 4.79 Å². The third kappa shape index (κ3) is 2.89. The third-order valence-corrected chi connectivity index (χ3v) is 3.50. The van der Waals surface area contributed by atoms with Gasteiger partial charge < -0.3 is 4.90 Å². The number of rotatable bonds is 1. The van der Waals surface area contributed by atoms with Gasteiger partial charge >= 0.3 is 0 Å². The Morgan fingerprint density at radius 3 is 2.59 bits per heavy atom. The SMILES string of the molecule is CN1CCC(=O)/C(=C/c2c(Cl)cccc2Cl)C1. The largest absolute Gasteiger partial charge is 0.302 e. The van der Waals surface area contributed by atoms with E-state index in [0.29, 0.717) is 23.0 Å². The fourth-order valence-electron chi connectivity index (χ4n) is 1.86. The Balaban J connectivity index is 2.37. The molecular formula is C13H13Cl2NO. The van der Waals surface area contributed by atoms with Gasteiger partial charge in [0.05, 0.1) is 0 Å². The van der Waals surface area contributed by atoms with Crippen molar-refractivity contribution in [2.24, 2.45) is 0 Å². The Morgan fingerprint density at radius 1 is 1.29 bits per heavy atom. The zero-order chi connectivity index (χ0) is 12.4. The zero-order valence-electron chi connectivity index (χ0n) is 9.54. The number of hydrogen-bond acceptors (Lipinski definition) is 2. The van der Waals surface area contributed by atoms with E-state index in [1.807, 2.05) is 13.1 Å². The van der Waals surface area contributed by atoms with Crippen LogP contribution in [0.25, 0.3) is 6.08 Å². The zero-order valence-corrected chi connectivity index (χ0v) is 11.1. The van der Waals surface area contributed by atoms with E-state index in [9.17, 15) is 4.79 Å². The molecule has 90 valence electrons. The van der Waals surface area contributed by atoms with Crippen LogP contribution in [0.2, 0.25) is 10.0 Å². The first kappa shape index (κ1) is 12.6. The molecule has 2 nitrogen and oxygen atoms in total. The minimum atomic E-state index is 0.180. The van der Waals surface area contributed by atoms with Gasteiger partial charge in [0.2, 0.25) is 0 Å². The highest BCUT2D eigenvalue weighted by Gasteiger charge is 2.19. The van der Waals surface area contributed by atoms with E-state index in [2.05, 4.69) is 4.90 Å². The maximum absolute atomic E-state index is 11.8. The number of halogens is 2. The molecule has 0 spiro atoms. The summed E-state index contributed by atoms with van der Waals surface area (Å²) in [5.74, 6) is 0.180. The summed E-state index contributed by atoms with van der Waals surface area (Å²) < 4.78 is 0. The van der Waals surface area contributed by atoms with E-state index in [-0.39, 0.29) is 5.78 Å². The topological polar surface area (TPSA) is 20.3 Å². The van der Waals surface area contributed by atoms with E-state index in [0.717, 1.165) is 17.7 Å². The van der Waals surface area contributed by atoms with Crippen molar-refractivity contribution in [1.29, 1.82) is 0 Å². The number of likely N-dealkylation sites (tertiary alicyclic amines) is 1. The molecule has 0 N–H and O–H groups in total. The van der Waals surface area contributed by atoms with Gasteiger partial charge in [-0.2, -0.15) is 0 Å². The summed E-state index contributed by atoms with van der Waals surface area (Å²) in [6, 6.07) is 5.34. The Labute approximate surface area is 111 Å². The molecule has 0 bridgehead atoms. The van der Waals surface area contributed by atoms with Crippen LogP contribution in [0.5, 0.6) is 0 Å². The summed E-state index contributed by atoms with van der Waals surface area (Å²) >= 11 is 12.2. The number of ketones is 1. The highest BCUT2D eigenvalue weighted by atomic mass is 35.5. The number of nitrogens with zero attached hydrogens (tertiary/aromatic N) is 1. The number of carbonyl (C=O) groups is 1. The molecule has 1 fully saturated rings. The molecule has 0 atom stereocenters. The maximum Gasteiger partial charge on any atom is 0.161 e. The highest BCUT2D eigenvalue weighted by Crippen LogP contribution is 2.27. The Kier molecular flexibility index (Phi) is 3.87. The van der Waals surface area contributed by atoms with Crippen LogP contribution in [0.4, 0.5) is 0 Å². The first-order valence-electron chi connectivity index (χ1n) is 5.44. The number of benzene rings is 1. The molecule has 1 aromatic rings. The van der Waals surface area contributed by atoms with E-state index in [1.165, 1.54) is 0 Å². The van der Waals surface area contributed by atoms with Crippen molar-refractivity contribution in [3.05, 3.63) is 39.4 Å². The summed E-state index contributed by atoms with van der Waals surface area (Å²) in [7, 11) is 1.99. The molecule has 4 heteroatoms. The van der Waals surface area contributed by atoms with Gasteiger partial charge in [-0.3, -0.25) is 4.79 Å². The van der Waals surface area contributed by atoms with Crippen LogP contribution < -0.4 is 0 Å². The summed E-state index contributed by atoms with van der Waals surface area (Å²) in [6.45, 7) is 1.47. The standard InChI is InChI=1S/C13H13Cl2NO/c1-16-6-5-13(17)9(8-16)7-10-11(14)3-2-4-12(10)15/h2-4,7H,5-6,8H2,1H3/b9-7+. The first-order valence-corrected chi connectivity index (χ1v) is 6.20. The van der Waals surface area contributed by atoms with Crippen LogP contribution >= 0.6 is 23.2 Å². The molecule has 1 heterocycles. The van der Waals surface area contributed by atoms with E-state index in [4.69, 9.17) is 23.2 Å². The molecule has 1 aliphatic heterocycles. The number of Topliss-reactive ketones (excluding diaryl/α,β-unsaturated/α-hetero) is 1. The van der Waals surface area contributed by atoms with Gasteiger partial charge in [-0.15, -0.1) is 0 Å². The fraction of sp³-hybridized carbons (Fsp3) is 0.308. The molecular weight excluding hydrogens is 257 g/mol. The lowest BCUT2D eigenvalue weighted by Crippen LogP contribution is -2.32. The Bertz CT molecular complexity index is 462. The molecule has 0 saturated carbocycles. The quantitative estimate of drug-likeness (QED) is 0.730. The van der Waals surface area contributed by atoms with Gasteiger partial charge in [0.15, 0.2) is 5.78 Å². The molecule has 0 radical (unpaired) electrons. The smallest absolute Gasteiger partial charge is 0.161 e. The molecule has 0 aromatic heterocycles. The Morgan fingerprint density at radius 2 is 1.94 bits per heavy atom. The van der Waals surface area contributed by atoms with Crippen LogP contribution in [0.3, 0.4) is 0 Å². The minimum absolute atomic E-state index is 0.180. The van der Waals surface area contributed by atoms with Gasteiger partial charge in [0.1, 0.15) is 0 Å². The lowest BCUT2D eigenvalue weighted by Gasteiger charge is -2.23. The molecule has 1 saturated heterocycles. The van der Waals surface area contributed by atoms with Gasteiger partial charge in [0, 0.05) is 40.7 Å². The predicted octanol–water partition coefficient (Wildman–Crippen LogP) is 3.28.